The fraction of sp³-hybridized carbons (Fsp3) is 0.667. The summed E-state index contributed by atoms with van der Waals surface area (Å²) in [6.07, 6.45) is 0. The molecule has 0 bridgehead atoms. The quantitative estimate of drug-likeness (QED) is 0.791. The molecule has 0 spiro atoms. The van der Waals surface area contributed by atoms with Gasteiger partial charge in [-0.3, -0.25) is 0 Å². The van der Waals surface area contributed by atoms with Crippen LogP contribution in [0, 0.1) is 0 Å². The molecule has 2 heteroatoms. The zero-order valence-corrected chi connectivity index (χ0v) is 14.5. The van der Waals surface area contributed by atoms with Gasteiger partial charge in [-0.15, -0.1) is 0 Å². The first kappa shape index (κ1) is 17.2. The van der Waals surface area contributed by atoms with Crippen molar-refractivity contribution < 1.29 is 9.47 Å². The van der Waals surface area contributed by atoms with Crippen LogP contribution in [0.4, 0.5) is 0 Å². The largest absolute Gasteiger partial charge is 0.374 e. The Morgan fingerprint density at radius 2 is 1.05 bits per heavy atom. The summed E-state index contributed by atoms with van der Waals surface area (Å²) >= 11 is 0. The molecular weight excluding hydrogens is 248 g/mol. The third-order valence-electron chi connectivity index (χ3n) is 4.13. The smallest absolute Gasteiger partial charge is 0.0874 e. The molecule has 0 heterocycles. The van der Waals surface area contributed by atoms with Crippen LogP contribution in [-0.4, -0.2) is 14.2 Å². The third-order valence-corrected chi connectivity index (χ3v) is 4.13. The zero-order valence-electron chi connectivity index (χ0n) is 14.5. The highest BCUT2D eigenvalue weighted by Crippen LogP contribution is 2.41. The van der Waals surface area contributed by atoms with Crippen LogP contribution in [0.15, 0.2) is 18.2 Å². The van der Waals surface area contributed by atoms with Gasteiger partial charge in [0.25, 0.3) is 0 Å². The number of rotatable bonds is 4. The van der Waals surface area contributed by atoms with Crippen LogP contribution >= 0.6 is 0 Å². The second-order valence-electron chi connectivity index (χ2n) is 7.41. The number of methoxy groups -OCH3 is 2. The highest BCUT2D eigenvalue weighted by Gasteiger charge is 2.34. The maximum Gasteiger partial charge on any atom is 0.0874 e. The van der Waals surface area contributed by atoms with Gasteiger partial charge < -0.3 is 9.47 Å². The van der Waals surface area contributed by atoms with Gasteiger partial charge in [0.1, 0.15) is 0 Å². The van der Waals surface area contributed by atoms with Gasteiger partial charge in [-0.05, 0) is 49.8 Å². The van der Waals surface area contributed by atoms with Crippen molar-refractivity contribution in [1.29, 1.82) is 0 Å². The highest BCUT2D eigenvalue weighted by molar-refractivity contribution is 5.45. The maximum absolute atomic E-state index is 5.72. The zero-order chi connectivity index (χ0) is 15.8. The molecule has 0 radical (unpaired) electrons. The monoisotopic (exact) mass is 278 g/mol. The standard InChI is InChI=1S/C18H30O2/c1-16(2,3)15-13(17(4,5)19-8)11-10-12-14(15)18(6,7)20-9/h10-12H,1-9H3. The fourth-order valence-corrected chi connectivity index (χ4v) is 2.58. The second-order valence-corrected chi connectivity index (χ2v) is 7.41. The third kappa shape index (κ3) is 3.24. The Bertz CT molecular complexity index is 431. The van der Waals surface area contributed by atoms with E-state index in [9.17, 15) is 0 Å². The number of hydrogen-bond acceptors (Lipinski definition) is 2. The molecule has 1 rings (SSSR count). The minimum absolute atomic E-state index is 0.0253. The van der Waals surface area contributed by atoms with Crippen LogP contribution in [0.5, 0.6) is 0 Å². The average Bonchev–Trinajstić information content (AvgIpc) is 2.36. The first-order valence-electron chi connectivity index (χ1n) is 7.22. The molecule has 0 saturated carbocycles. The molecule has 0 amide bonds. The molecule has 0 unspecified atom stereocenters. The van der Waals surface area contributed by atoms with E-state index >= 15 is 0 Å². The van der Waals surface area contributed by atoms with E-state index in [1.807, 2.05) is 0 Å². The molecule has 0 aliphatic rings. The van der Waals surface area contributed by atoms with E-state index in [0.717, 1.165) is 0 Å². The van der Waals surface area contributed by atoms with Crippen molar-refractivity contribution in [3.05, 3.63) is 34.9 Å². The number of ether oxygens (including phenoxy) is 2. The summed E-state index contributed by atoms with van der Waals surface area (Å²) in [5.41, 5.74) is 3.17. The van der Waals surface area contributed by atoms with Gasteiger partial charge >= 0.3 is 0 Å². The topological polar surface area (TPSA) is 18.5 Å². The number of hydrogen-bond donors (Lipinski definition) is 0. The van der Waals surface area contributed by atoms with Crippen molar-refractivity contribution in [2.24, 2.45) is 0 Å². The van der Waals surface area contributed by atoms with E-state index in [4.69, 9.17) is 9.47 Å². The van der Waals surface area contributed by atoms with Crippen molar-refractivity contribution in [3.63, 3.8) is 0 Å². The minimum atomic E-state index is -0.317. The molecule has 0 N–H and O–H groups in total. The van der Waals surface area contributed by atoms with Crippen molar-refractivity contribution in [2.45, 2.75) is 65.1 Å². The summed E-state index contributed by atoms with van der Waals surface area (Å²) in [5, 5.41) is 0. The van der Waals surface area contributed by atoms with Gasteiger partial charge in [0.2, 0.25) is 0 Å². The lowest BCUT2D eigenvalue weighted by Gasteiger charge is -2.37. The lowest BCUT2D eigenvalue weighted by molar-refractivity contribution is 0.0106. The first-order valence-corrected chi connectivity index (χ1v) is 7.22. The van der Waals surface area contributed by atoms with E-state index in [0.29, 0.717) is 0 Å². The molecule has 0 atom stereocenters. The van der Waals surface area contributed by atoms with Crippen LogP contribution in [0.3, 0.4) is 0 Å². The summed E-state index contributed by atoms with van der Waals surface area (Å²) < 4.78 is 11.4. The second kappa shape index (κ2) is 5.50. The summed E-state index contributed by atoms with van der Waals surface area (Å²) in [4.78, 5) is 0. The normalized spacial score (nSPS) is 13.7. The van der Waals surface area contributed by atoms with E-state index in [1.165, 1.54) is 16.7 Å². The minimum Gasteiger partial charge on any atom is -0.374 e. The summed E-state index contributed by atoms with van der Waals surface area (Å²) in [6.45, 7) is 15.2. The lowest BCUT2D eigenvalue weighted by Crippen LogP contribution is -2.31. The van der Waals surface area contributed by atoms with Crippen LogP contribution in [0.2, 0.25) is 0 Å². The Balaban J connectivity index is 3.69. The van der Waals surface area contributed by atoms with Crippen molar-refractivity contribution >= 4 is 0 Å². The predicted octanol–water partition coefficient (Wildman–Crippen LogP) is 4.75. The van der Waals surface area contributed by atoms with Crippen molar-refractivity contribution in [3.8, 4) is 0 Å². The van der Waals surface area contributed by atoms with Gasteiger partial charge in [-0.1, -0.05) is 39.0 Å². The molecule has 1 aromatic rings. The molecule has 20 heavy (non-hydrogen) atoms. The summed E-state index contributed by atoms with van der Waals surface area (Å²) in [5.74, 6) is 0. The Morgan fingerprint density at radius 3 is 1.30 bits per heavy atom. The van der Waals surface area contributed by atoms with Crippen LogP contribution < -0.4 is 0 Å². The van der Waals surface area contributed by atoms with Gasteiger partial charge in [0, 0.05) is 14.2 Å². The Labute approximate surface area is 124 Å². The summed E-state index contributed by atoms with van der Waals surface area (Å²) in [6, 6.07) is 6.43. The molecule has 0 saturated heterocycles. The first-order chi connectivity index (χ1) is 8.97. The van der Waals surface area contributed by atoms with Crippen molar-refractivity contribution in [2.75, 3.05) is 14.2 Å². The Hall–Kier alpha value is -0.860. The van der Waals surface area contributed by atoms with Crippen LogP contribution in [0.1, 0.15) is 65.2 Å². The molecule has 0 fully saturated rings. The van der Waals surface area contributed by atoms with Crippen molar-refractivity contribution in [1.82, 2.24) is 0 Å². The van der Waals surface area contributed by atoms with Gasteiger partial charge in [0.05, 0.1) is 11.2 Å². The van der Waals surface area contributed by atoms with E-state index in [2.05, 4.69) is 66.7 Å². The van der Waals surface area contributed by atoms with Crippen LogP contribution in [-0.2, 0) is 26.1 Å². The average molecular weight is 278 g/mol. The predicted molar refractivity (Wildman–Crippen MR) is 85.2 cm³/mol. The molecule has 2 nitrogen and oxygen atoms in total. The molecule has 1 aromatic carbocycles. The van der Waals surface area contributed by atoms with E-state index in [1.54, 1.807) is 14.2 Å². The van der Waals surface area contributed by atoms with E-state index in [-0.39, 0.29) is 16.6 Å². The number of benzene rings is 1. The maximum atomic E-state index is 5.72. The molecular formula is C18H30O2. The van der Waals surface area contributed by atoms with E-state index < -0.39 is 0 Å². The molecule has 114 valence electrons. The Morgan fingerprint density at radius 1 is 0.700 bits per heavy atom. The highest BCUT2D eigenvalue weighted by atomic mass is 16.5. The fourth-order valence-electron chi connectivity index (χ4n) is 2.58. The van der Waals surface area contributed by atoms with Crippen LogP contribution in [0.25, 0.3) is 0 Å². The Kier molecular flexibility index (Phi) is 4.72. The van der Waals surface area contributed by atoms with Gasteiger partial charge in [-0.2, -0.15) is 0 Å². The van der Waals surface area contributed by atoms with Gasteiger partial charge in [-0.25, -0.2) is 0 Å². The van der Waals surface area contributed by atoms with Gasteiger partial charge in [0.15, 0.2) is 0 Å². The lowest BCUT2D eigenvalue weighted by atomic mass is 9.73. The molecule has 0 aliphatic heterocycles. The molecule has 0 aromatic heterocycles. The summed E-state index contributed by atoms with van der Waals surface area (Å²) in [7, 11) is 3.53. The molecule has 0 aliphatic carbocycles. The SMILES string of the molecule is COC(C)(C)c1cccc(C(C)(C)OC)c1C(C)(C)C.